The number of methoxy groups -OCH3 is 2. The molecule has 0 bridgehead atoms. The molecule has 0 amide bonds. The van der Waals surface area contributed by atoms with Crippen LogP contribution in [0.25, 0.3) is 0 Å². The van der Waals surface area contributed by atoms with E-state index >= 15 is 0 Å². The third-order valence-corrected chi connectivity index (χ3v) is 3.60. The van der Waals surface area contributed by atoms with E-state index in [9.17, 15) is 5.26 Å². The number of fused-ring (bicyclic) bond motifs is 1. The van der Waals surface area contributed by atoms with Gasteiger partial charge in [0.25, 0.3) is 0 Å². The fourth-order valence-electron chi connectivity index (χ4n) is 2.46. The van der Waals surface area contributed by atoms with Crippen molar-refractivity contribution in [2.45, 2.75) is 31.8 Å². The SMILES string of the molecule is COCC(CNc1nc2c(cc1C#N)CCCC2)OC. The Hall–Kier alpha value is -1.64. The molecule has 0 spiro atoms. The fourth-order valence-corrected chi connectivity index (χ4v) is 2.46. The minimum Gasteiger partial charge on any atom is -0.382 e. The highest BCUT2D eigenvalue weighted by atomic mass is 16.5. The molecule has 20 heavy (non-hydrogen) atoms. The van der Waals surface area contributed by atoms with Crippen LogP contribution in [0, 0.1) is 11.3 Å². The summed E-state index contributed by atoms with van der Waals surface area (Å²) in [5, 5.41) is 12.5. The van der Waals surface area contributed by atoms with Gasteiger partial charge in [-0.05, 0) is 37.3 Å². The number of hydrogen-bond donors (Lipinski definition) is 1. The second-order valence-electron chi connectivity index (χ2n) is 5.00. The average Bonchev–Trinajstić information content (AvgIpc) is 2.50. The first-order chi connectivity index (χ1) is 9.78. The Labute approximate surface area is 119 Å². The van der Waals surface area contributed by atoms with Crippen molar-refractivity contribution in [1.29, 1.82) is 5.26 Å². The van der Waals surface area contributed by atoms with Gasteiger partial charge >= 0.3 is 0 Å². The first-order valence-corrected chi connectivity index (χ1v) is 6.97. The second kappa shape index (κ2) is 7.22. The maximum Gasteiger partial charge on any atom is 0.144 e. The largest absolute Gasteiger partial charge is 0.382 e. The molecule has 1 aromatic heterocycles. The molecule has 0 radical (unpaired) electrons. The molecule has 0 saturated heterocycles. The van der Waals surface area contributed by atoms with Gasteiger partial charge in [-0.15, -0.1) is 0 Å². The highest BCUT2D eigenvalue weighted by Crippen LogP contribution is 2.24. The van der Waals surface area contributed by atoms with E-state index in [2.05, 4.69) is 16.4 Å². The summed E-state index contributed by atoms with van der Waals surface area (Å²) < 4.78 is 10.4. The summed E-state index contributed by atoms with van der Waals surface area (Å²) >= 11 is 0. The van der Waals surface area contributed by atoms with Crippen LogP contribution in [-0.2, 0) is 22.3 Å². The lowest BCUT2D eigenvalue weighted by Crippen LogP contribution is -2.27. The minimum atomic E-state index is -0.0515. The summed E-state index contributed by atoms with van der Waals surface area (Å²) in [6.45, 7) is 1.08. The molecule has 5 heteroatoms. The van der Waals surface area contributed by atoms with Gasteiger partial charge in [0.05, 0.1) is 18.3 Å². The number of nitrogens with zero attached hydrogens (tertiary/aromatic N) is 2. The van der Waals surface area contributed by atoms with Crippen LogP contribution in [0.3, 0.4) is 0 Å². The van der Waals surface area contributed by atoms with E-state index in [4.69, 9.17) is 9.47 Å². The standard InChI is InChI=1S/C15H21N3O2/c1-19-10-13(20-2)9-17-15-12(8-16)7-11-5-3-4-6-14(11)18-15/h7,13H,3-6,9-10H2,1-2H3,(H,17,18). The number of aromatic nitrogens is 1. The molecule has 1 aliphatic carbocycles. The molecule has 1 N–H and O–H groups in total. The lowest BCUT2D eigenvalue weighted by Gasteiger charge is -2.19. The van der Waals surface area contributed by atoms with E-state index in [0.29, 0.717) is 24.5 Å². The van der Waals surface area contributed by atoms with E-state index in [-0.39, 0.29) is 6.10 Å². The molecule has 1 aromatic rings. The van der Waals surface area contributed by atoms with Crippen molar-refractivity contribution in [3.05, 3.63) is 22.9 Å². The van der Waals surface area contributed by atoms with E-state index in [1.54, 1.807) is 14.2 Å². The summed E-state index contributed by atoms with van der Waals surface area (Å²) in [5.41, 5.74) is 2.95. The summed E-state index contributed by atoms with van der Waals surface area (Å²) in [4.78, 5) is 4.62. The number of anilines is 1. The van der Waals surface area contributed by atoms with E-state index in [1.807, 2.05) is 6.07 Å². The van der Waals surface area contributed by atoms with Gasteiger partial charge in [0.15, 0.2) is 0 Å². The quantitative estimate of drug-likeness (QED) is 0.859. The molecule has 108 valence electrons. The summed E-state index contributed by atoms with van der Waals surface area (Å²) in [6.07, 6.45) is 4.34. The Balaban J connectivity index is 2.12. The van der Waals surface area contributed by atoms with Gasteiger partial charge < -0.3 is 14.8 Å². The Morgan fingerprint density at radius 1 is 1.40 bits per heavy atom. The van der Waals surface area contributed by atoms with Crippen molar-refractivity contribution in [3.8, 4) is 6.07 Å². The van der Waals surface area contributed by atoms with Gasteiger partial charge in [0.1, 0.15) is 11.9 Å². The monoisotopic (exact) mass is 275 g/mol. The lowest BCUT2D eigenvalue weighted by molar-refractivity contribution is 0.0365. The zero-order chi connectivity index (χ0) is 14.4. The van der Waals surface area contributed by atoms with Crippen molar-refractivity contribution in [2.24, 2.45) is 0 Å². The molecule has 0 aliphatic heterocycles. The van der Waals surface area contributed by atoms with Gasteiger partial charge in [-0.1, -0.05) is 0 Å². The number of ether oxygens (including phenoxy) is 2. The van der Waals surface area contributed by atoms with Crippen molar-refractivity contribution < 1.29 is 9.47 Å². The molecule has 0 fully saturated rings. The highest BCUT2D eigenvalue weighted by molar-refractivity contribution is 5.54. The molecule has 1 unspecified atom stereocenters. The highest BCUT2D eigenvalue weighted by Gasteiger charge is 2.16. The first-order valence-electron chi connectivity index (χ1n) is 6.97. The van der Waals surface area contributed by atoms with Crippen LogP contribution in [-0.4, -0.2) is 38.5 Å². The van der Waals surface area contributed by atoms with Gasteiger partial charge in [-0.2, -0.15) is 5.26 Å². The van der Waals surface area contributed by atoms with E-state index < -0.39 is 0 Å². The number of nitrogens with one attached hydrogen (secondary N) is 1. The van der Waals surface area contributed by atoms with Crippen LogP contribution in [0.2, 0.25) is 0 Å². The zero-order valence-corrected chi connectivity index (χ0v) is 12.1. The van der Waals surface area contributed by atoms with Crippen molar-refractivity contribution >= 4 is 5.82 Å². The molecule has 1 aliphatic rings. The number of nitriles is 1. The van der Waals surface area contributed by atoms with Crippen LogP contribution in [0.5, 0.6) is 0 Å². The molecule has 2 rings (SSSR count). The topological polar surface area (TPSA) is 67.2 Å². The Kier molecular flexibility index (Phi) is 5.33. The fraction of sp³-hybridized carbons (Fsp3) is 0.600. The maximum absolute atomic E-state index is 9.26. The summed E-state index contributed by atoms with van der Waals surface area (Å²) in [5.74, 6) is 0.659. The smallest absolute Gasteiger partial charge is 0.144 e. The Morgan fingerprint density at radius 2 is 2.20 bits per heavy atom. The molecular formula is C15H21N3O2. The van der Waals surface area contributed by atoms with Crippen LogP contribution >= 0.6 is 0 Å². The third-order valence-electron chi connectivity index (χ3n) is 3.60. The number of aryl methyl sites for hydroxylation is 2. The Bertz CT molecular complexity index is 497. The molecule has 5 nitrogen and oxygen atoms in total. The predicted molar refractivity (Wildman–Crippen MR) is 76.8 cm³/mol. The Morgan fingerprint density at radius 3 is 2.90 bits per heavy atom. The van der Waals surface area contributed by atoms with Crippen LogP contribution in [0.4, 0.5) is 5.82 Å². The van der Waals surface area contributed by atoms with Crippen molar-refractivity contribution in [2.75, 3.05) is 32.7 Å². The second-order valence-corrected chi connectivity index (χ2v) is 5.00. The number of hydrogen-bond acceptors (Lipinski definition) is 5. The maximum atomic E-state index is 9.26. The molecule has 1 atom stereocenters. The average molecular weight is 275 g/mol. The summed E-state index contributed by atoms with van der Waals surface area (Å²) in [6, 6.07) is 4.20. The van der Waals surface area contributed by atoms with Crippen molar-refractivity contribution in [1.82, 2.24) is 4.98 Å². The molecular weight excluding hydrogens is 254 g/mol. The molecule has 0 aromatic carbocycles. The minimum absolute atomic E-state index is 0.0515. The van der Waals surface area contributed by atoms with Crippen LogP contribution in [0.15, 0.2) is 6.07 Å². The molecule has 1 heterocycles. The van der Waals surface area contributed by atoms with Crippen LogP contribution in [0.1, 0.15) is 29.7 Å². The van der Waals surface area contributed by atoms with Crippen LogP contribution < -0.4 is 5.32 Å². The van der Waals surface area contributed by atoms with Gasteiger partial charge in [0, 0.05) is 26.5 Å². The zero-order valence-electron chi connectivity index (χ0n) is 12.1. The van der Waals surface area contributed by atoms with Gasteiger partial charge in [-0.25, -0.2) is 4.98 Å². The normalized spacial score (nSPS) is 15.2. The van der Waals surface area contributed by atoms with Gasteiger partial charge in [-0.3, -0.25) is 0 Å². The van der Waals surface area contributed by atoms with E-state index in [1.165, 1.54) is 18.4 Å². The number of pyridine rings is 1. The number of rotatable bonds is 6. The first kappa shape index (κ1) is 14.8. The van der Waals surface area contributed by atoms with Gasteiger partial charge in [0.2, 0.25) is 0 Å². The lowest BCUT2D eigenvalue weighted by atomic mass is 9.95. The van der Waals surface area contributed by atoms with E-state index in [0.717, 1.165) is 18.5 Å². The third kappa shape index (κ3) is 3.47. The van der Waals surface area contributed by atoms with Crippen molar-refractivity contribution in [3.63, 3.8) is 0 Å². The predicted octanol–water partition coefficient (Wildman–Crippen LogP) is 1.91. The summed E-state index contributed by atoms with van der Waals surface area (Å²) in [7, 11) is 3.29. The molecule has 0 saturated carbocycles.